The fraction of sp³-hybridized carbons (Fsp3) is 0.810. The molecule has 28 heavy (non-hydrogen) atoms. The van der Waals surface area contributed by atoms with E-state index in [0.717, 1.165) is 76.3 Å². The summed E-state index contributed by atoms with van der Waals surface area (Å²) < 4.78 is 1.93. The lowest BCUT2D eigenvalue weighted by Crippen LogP contribution is -2.55. The summed E-state index contributed by atoms with van der Waals surface area (Å²) in [5, 5.41) is 15.2. The fourth-order valence-electron chi connectivity index (χ4n) is 5.38. The molecule has 1 aromatic rings. The Hall–Kier alpha value is -1.44. The number of aromatic nitrogens is 2. The zero-order valence-electron chi connectivity index (χ0n) is 17.5. The molecule has 7 nitrogen and oxygen atoms in total. The minimum atomic E-state index is -0.270. The van der Waals surface area contributed by atoms with Crippen LogP contribution in [0.2, 0.25) is 0 Å². The minimum absolute atomic E-state index is 0.111. The summed E-state index contributed by atoms with van der Waals surface area (Å²) in [6.07, 6.45) is 4.30. The van der Waals surface area contributed by atoms with Gasteiger partial charge in [-0.05, 0) is 45.1 Å². The number of likely N-dealkylation sites (tertiary alicyclic amines) is 1. The maximum absolute atomic E-state index is 13.1. The zero-order valence-corrected chi connectivity index (χ0v) is 17.5. The number of fused-ring (bicyclic) bond motifs is 1. The smallest absolute Gasteiger partial charge is 0.257 e. The van der Waals surface area contributed by atoms with Crippen molar-refractivity contribution in [3.8, 4) is 0 Å². The molecule has 1 aromatic heterocycles. The third-order valence-electron chi connectivity index (χ3n) is 7.17. The average molecular weight is 390 g/mol. The Bertz CT molecular complexity index is 697. The van der Waals surface area contributed by atoms with E-state index in [1.807, 2.05) is 16.5 Å². The lowest BCUT2D eigenvalue weighted by Gasteiger charge is -2.44. The van der Waals surface area contributed by atoms with Crippen LogP contribution in [0.25, 0.3) is 0 Å². The van der Waals surface area contributed by atoms with Gasteiger partial charge < -0.3 is 14.9 Å². The highest BCUT2D eigenvalue weighted by Gasteiger charge is 2.45. The maximum Gasteiger partial charge on any atom is 0.257 e. The van der Waals surface area contributed by atoms with Crippen LogP contribution in [0.5, 0.6) is 0 Å². The third kappa shape index (κ3) is 3.72. The SMILES string of the molecule is CCCn1ncc(C(=O)N2C[C@H]3C[C@@H](N4CCN(C)CC4)[C@H](O)C[C@H]3C2)c1C. The number of likely N-dealkylation sites (N-methyl/N-ethyl adjacent to an activating group) is 1. The van der Waals surface area contributed by atoms with Crippen molar-refractivity contribution in [2.75, 3.05) is 46.3 Å². The first-order valence-electron chi connectivity index (χ1n) is 10.9. The van der Waals surface area contributed by atoms with Crippen molar-refractivity contribution >= 4 is 5.91 Å². The lowest BCUT2D eigenvalue weighted by atomic mass is 9.77. The quantitative estimate of drug-likeness (QED) is 0.834. The van der Waals surface area contributed by atoms with Crippen LogP contribution < -0.4 is 0 Å². The van der Waals surface area contributed by atoms with Gasteiger partial charge in [0, 0.05) is 57.5 Å². The van der Waals surface area contributed by atoms with Crippen molar-refractivity contribution in [2.24, 2.45) is 11.8 Å². The van der Waals surface area contributed by atoms with Crippen molar-refractivity contribution in [2.45, 2.75) is 51.8 Å². The number of amides is 1. The molecule has 4 rings (SSSR count). The van der Waals surface area contributed by atoms with E-state index in [0.29, 0.717) is 11.8 Å². The second-order valence-corrected chi connectivity index (χ2v) is 9.04. The van der Waals surface area contributed by atoms with Crippen molar-refractivity contribution in [1.29, 1.82) is 0 Å². The molecule has 1 amide bonds. The van der Waals surface area contributed by atoms with Gasteiger partial charge in [0.25, 0.3) is 5.91 Å². The number of nitrogens with zero attached hydrogens (tertiary/aromatic N) is 5. The Morgan fingerprint density at radius 2 is 1.86 bits per heavy atom. The van der Waals surface area contributed by atoms with Crippen molar-refractivity contribution in [1.82, 2.24) is 24.5 Å². The topological polar surface area (TPSA) is 64.8 Å². The van der Waals surface area contributed by atoms with Crippen molar-refractivity contribution in [3.63, 3.8) is 0 Å². The number of aryl methyl sites for hydroxylation is 1. The zero-order chi connectivity index (χ0) is 19.8. The number of piperazine rings is 1. The average Bonchev–Trinajstić information content (AvgIpc) is 3.25. The second kappa shape index (κ2) is 8.13. The van der Waals surface area contributed by atoms with Gasteiger partial charge in [0.1, 0.15) is 0 Å². The summed E-state index contributed by atoms with van der Waals surface area (Å²) in [6, 6.07) is 0.249. The molecule has 4 atom stereocenters. The Morgan fingerprint density at radius 3 is 2.54 bits per heavy atom. The molecule has 1 N–H and O–H groups in total. The van der Waals surface area contributed by atoms with Gasteiger partial charge in [-0.3, -0.25) is 14.4 Å². The first kappa shape index (κ1) is 19.9. The van der Waals surface area contributed by atoms with Crippen LogP contribution in [0.4, 0.5) is 0 Å². The number of hydrogen-bond donors (Lipinski definition) is 1. The molecule has 1 saturated carbocycles. The summed E-state index contributed by atoms with van der Waals surface area (Å²) in [7, 11) is 2.16. The molecule has 3 fully saturated rings. The van der Waals surface area contributed by atoms with Crippen LogP contribution in [-0.2, 0) is 6.54 Å². The Labute approximate surface area is 168 Å². The van der Waals surface area contributed by atoms with E-state index >= 15 is 0 Å². The van der Waals surface area contributed by atoms with Crippen molar-refractivity contribution < 1.29 is 9.90 Å². The van der Waals surface area contributed by atoms with Crippen LogP contribution in [-0.4, -0.2) is 94.0 Å². The van der Waals surface area contributed by atoms with E-state index < -0.39 is 0 Å². The standard InChI is InChI=1S/C21H35N5O2/c1-4-5-26-15(2)18(12-22-26)21(28)25-13-16-10-19(20(27)11-17(16)14-25)24-8-6-23(3)7-9-24/h12,16-17,19-20,27H,4-11,13-14H2,1-3H3/t16-,17+,19-,20-/m1/s1. The monoisotopic (exact) mass is 389 g/mol. The predicted molar refractivity (Wildman–Crippen MR) is 108 cm³/mol. The summed E-state index contributed by atoms with van der Waals surface area (Å²) in [6.45, 7) is 10.8. The number of carbonyl (C=O) groups is 1. The molecule has 2 aliphatic heterocycles. The van der Waals surface area contributed by atoms with Crippen LogP contribution in [0.15, 0.2) is 6.20 Å². The summed E-state index contributed by atoms with van der Waals surface area (Å²) >= 11 is 0. The van der Waals surface area contributed by atoms with E-state index in [2.05, 4.69) is 28.9 Å². The highest BCUT2D eigenvalue weighted by molar-refractivity contribution is 5.95. The number of carbonyl (C=O) groups excluding carboxylic acids is 1. The molecule has 0 bridgehead atoms. The number of aliphatic hydroxyl groups excluding tert-OH is 1. The van der Waals surface area contributed by atoms with Gasteiger partial charge in [-0.15, -0.1) is 0 Å². The van der Waals surface area contributed by atoms with E-state index in [-0.39, 0.29) is 18.1 Å². The summed E-state index contributed by atoms with van der Waals surface area (Å²) in [4.78, 5) is 20.0. The molecule has 3 heterocycles. The predicted octanol–water partition coefficient (Wildman–Crippen LogP) is 1.06. The third-order valence-corrected chi connectivity index (χ3v) is 7.17. The molecule has 0 aromatic carbocycles. The number of hydrogen-bond acceptors (Lipinski definition) is 5. The Morgan fingerprint density at radius 1 is 1.18 bits per heavy atom. The normalized spacial score (nSPS) is 31.9. The van der Waals surface area contributed by atoms with E-state index in [1.165, 1.54) is 0 Å². The molecule has 0 unspecified atom stereocenters. The van der Waals surface area contributed by atoms with Gasteiger partial charge >= 0.3 is 0 Å². The van der Waals surface area contributed by atoms with Crippen molar-refractivity contribution in [3.05, 3.63) is 17.5 Å². The van der Waals surface area contributed by atoms with E-state index in [4.69, 9.17) is 0 Å². The first-order valence-corrected chi connectivity index (χ1v) is 10.9. The number of aliphatic hydroxyl groups is 1. The largest absolute Gasteiger partial charge is 0.391 e. The van der Waals surface area contributed by atoms with Gasteiger partial charge in [-0.1, -0.05) is 6.92 Å². The van der Waals surface area contributed by atoms with Crippen LogP contribution >= 0.6 is 0 Å². The van der Waals surface area contributed by atoms with Gasteiger partial charge in [-0.2, -0.15) is 5.10 Å². The molecule has 0 spiro atoms. The minimum Gasteiger partial charge on any atom is -0.391 e. The number of rotatable bonds is 4. The molecule has 1 aliphatic carbocycles. The summed E-state index contributed by atoms with van der Waals surface area (Å²) in [5.41, 5.74) is 1.71. The lowest BCUT2D eigenvalue weighted by molar-refractivity contribution is -0.0249. The van der Waals surface area contributed by atoms with Gasteiger partial charge in [0.15, 0.2) is 0 Å². The molecule has 2 saturated heterocycles. The Kier molecular flexibility index (Phi) is 5.76. The maximum atomic E-state index is 13.1. The van der Waals surface area contributed by atoms with E-state index in [1.54, 1.807) is 6.20 Å². The van der Waals surface area contributed by atoms with Crippen LogP contribution in [0.3, 0.4) is 0 Å². The van der Waals surface area contributed by atoms with Gasteiger partial charge in [0.2, 0.25) is 0 Å². The Balaban J connectivity index is 1.41. The molecule has 156 valence electrons. The fourth-order valence-corrected chi connectivity index (χ4v) is 5.38. The van der Waals surface area contributed by atoms with Crippen LogP contribution in [0, 0.1) is 18.8 Å². The molecular formula is C21H35N5O2. The molecule has 3 aliphatic rings. The van der Waals surface area contributed by atoms with Crippen LogP contribution in [0.1, 0.15) is 42.2 Å². The molecular weight excluding hydrogens is 354 g/mol. The van der Waals surface area contributed by atoms with Gasteiger partial charge in [0.05, 0.1) is 17.9 Å². The molecule has 0 radical (unpaired) electrons. The highest BCUT2D eigenvalue weighted by Crippen LogP contribution is 2.39. The van der Waals surface area contributed by atoms with E-state index in [9.17, 15) is 9.90 Å². The summed E-state index contributed by atoms with van der Waals surface area (Å²) in [5.74, 6) is 1.04. The highest BCUT2D eigenvalue weighted by atomic mass is 16.3. The molecule has 7 heteroatoms. The first-order chi connectivity index (χ1) is 13.5. The van der Waals surface area contributed by atoms with Gasteiger partial charge in [-0.25, -0.2) is 0 Å². The second-order valence-electron chi connectivity index (χ2n) is 9.04.